The fourth-order valence-electron chi connectivity index (χ4n) is 3.99. The number of benzene rings is 1. The van der Waals surface area contributed by atoms with Gasteiger partial charge in [-0.15, -0.1) is 0 Å². The van der Waals surface area contributed by atoms with Gasteiger partial charge in [-0.1, -0.05) is 30.3 Å². The molecule has 4 rings (SSSR count). The lowest BCUT2D eigenvalue weighted by atomic mass is 9.98. The lowest BCUT2D eigenvalue weighted by molar-refractivity contribution is -0.156. The summed E-state index contributed by atoms with van der Waals surface area (Å²) in [5.41, 5.74) is 1.31. The van der Waals surface area contributed by atoms with Crippen molar-refractivity contribution in [2.75, 3.05) is 13.7 Å². The number of rotatable bonds is 6. The fourth-order valence-corrected chi connectivity index (χ4v) is 3.99. The summed E-state index contributed by atoms with van der Waals surface area (Å²) in [6.07, 6.45) is 1.56. The Kier molecular flexibility index (Phi) is 5.64. The molecule has 32 heavy (non-hydrogen) atoms. The predicted octanol–water partition coefficient (Wildman–Crippen LogP) is 2.36. The summed E-state index contributed by atoms with van der Waals surface area (Å²) in [6.45, 7) is 5.56. The zero-order chi connectivity index (χ0) is 23.0. The number of hydrogen-bond donors (Lipinski definition) is 0. The first kappa shape index (κ1) is 21.8. The molecule has 1 fully saturated rings. The van der Waals surface area contributed by atoms with Gasteiger partial charge in [-0.2, -0.15) is 10.2 Å². The summed E-state index contributed by atoms with van der Waals surface area (Å²) < 4.78 is 11.8. The van der Waals surface area contributed by atoms with Crippen molar-refractivity contribution in [1.82, 2.24) is 19.7 Å². The maximum atomic E-state index is 13.1. The highest BCUT2D eigenvalue weighted by Crippen LogP contribution is 2.44. The van der Waals surface area contributed by atoms with Crippen molar-refractivity contribution in [3.05, 3.63) is 53.3 Å². The highest BCUT2D eigenvalue weighted by Gasteiger charge is 2.53. The standard InChI is InChI=1S/C22H26N4O6/c1-22(2,3)32-17(27)12-25-18-15(10-23-25)16-11-24(19(18)20(28)30-4)21(29)26(16)31-13-14-8-6-5-7-9-14/h5-10,16,19H,11-13H2,1-4H3/t16-,19-/m0/s1. The number of ether oxygens (including phenoxy) is 2. The van der Waals surface area contributed by atoms with Crippen LogP contribution in [0, 0.1) is 0 Å². The predicted molar refractivity (Wildman–Crippen MR) is 111 cm³/mol. The second-order valence-corrected chi connectivity index (χ2v) is 8.69. The number of carbonyl (C=O) groups excluding carboxylic acids is 3. The SMILES string of the molecule is COC(=O)[C@@H]1c2c(cnn2CC(=O)OC(C)(C)C)[C@@H]2CN1C(=O)N2OCc1ccccc1. The van der Waals surface area contributed by atoms with Gasteiger partial charge in [-0.05, 0) is 26.3 Å². The third-order valence-corrected chi connectivity index (χ3v) is 5.26. The van der Waals surface area contributed by atoms with Crippen molar-refractivity contribution >= 4 is 18.0 Å². The van der Waals surface area contributed by atoms with Gasteiger partial charge in [0.1, 0.15) is 24.8 Å². The van der Waals surface area contributed by atoms with Gasteiger partial charge in [0.15, 0.2) is 6.04 Å². The number of hydrogen-bond acceptors (Lipinski definition) is 7. The number of carbonyl (C=O) groups is 3. The number of aromatic nitrogens is 2. The molecule has 2 amide bonds. The quantitative estimate of drug-likeness (QED) is 0.633. The van der Waals surface area contributed by atoms with E-state index in [0.29, 0.717) is 11.3 Å². The molecule has 10 nitrogen and oxygen atoms in total. The molecule has 2 aliphatic heterocycles. The summed E-state index contributed by atoms with van der Waals surface area (Å²) in [4.78, 5) is 45.5. The molecular formula is C22H26N4O6. The van der Waals surface area contributed by atoms with E-state index in [1.54, 1.807) is 27.0 Å². The highest BCUT2D eigenvalue weighted by atomic mass is 16.7. The van der Waals surface area contributed by atoms with Gasteiger partial charge < -0.3 is 14.4 Å². The average Bonchev–Trinajstić information content (AvgIpc) is 3.26. The van der Waals surface area contributed by atoms with Crippen molar-refractivity contribution in [3.63, 3.8) is 0 Å². The number of fused-ring (bicyclic) bond motifs is 4. The summed E-state index contributed by atoms with van der Waals surface area (Å²) in [6, 6.07) is 7.53. The second-order valence-electron chi connectivity index (χ2n) is 8.69. The van der Waals surface area contributed by atoms with E-state index in [2.05, 4.69) is 5.10 Å². The van der Waals surface area contributed by atoms with E-state index in [1.165, 1.54) is 21.8 Å². The molecule has 2 aliphatic rings. The molecule has 0 aliphatic carbocycles. The number of hydroxylamine groups is 2. The first-order valence-electron chi connectivity index (χ1n) is 10.3. The molecule has 1 aromatic carbocycles. The maximum Gasteiger partial charge on any atom is 0.345 e. The Morgan fingerprint density at radius 1 is 1.19 bits per heavy atom. The molecule has 1 aromatic heterocycles. The molecule has 10 heteroatoms. The van der Waals surface area contributed by atoms with Crippen LogP contribution < -0.4 is 0 Å². The minimum absolute atomic E-state index is 0.195. The van der Waals surface area contributed by atoms with E-state index >= 15 is 0 Å². The Morgan fingerprint density at radius 2 is 1.91 bits per heavy atom. The fraction of sp³-hybridized carbons (Fsp3) is 0.455. The Balaban J connectivity index is 1.64. The van der Waals surface area contributed by atoms with Crippen LogP contribution >= 0.6 is 0 Å². The Labute approximate surface area is 185 Å². The van der Waals surface area contributed by atoms with Crippen molar-refractivity contribution in [1.29, 1.82) is 0 Å². The van der Waals surface area contributed by atoms with Crippen LogP contribution in [0.5, 0.6) is 0 Å². The lowest BCUT2D eigenvalue weighted by Crippen LogP contribution is -2.40. The molecule has 2 aromatic rings. The van der Waals surface area contributed by atoms with Crippen LogP contribution in [-0.4, -0.2) is 57.0 Å². The summed E-state index contributed by atoms with van der Waals surface area (Å²) in [5, 5.41) is 5.59. The molecule has 0 radical (unpaired) electrons. The largest absolute Gasteiger partial charge is 0.467 e. The van der Waals surface area contributed by atoms with Crippen LogP contribution in [0.1, 0.15) is 49.7 Å². The van der Waals surface area contributed by atoms with Crippen LogP contribution in [-0.2, 0) is 37.1 Å². The summed E-state index contributed by atoms with van der Waals surface area (Å²) in [5.74, 6) is -1.11. The van der Waals surface area contributed by atoms with Crippen LogP contribution in [0.25, 0.3) is 0 Å². The Hall–Kier alpha value is -3.40. The van der Waals surface area contributed by atoms with Gasteiger partial charge >= 0.3 is 18.0 Å². The van der Waals surface area contributed by atoms with Crippen LogP contribution in [0.2, 0.25) is 0 Å². The van der Waals surface area contributed by atoms with E-state index in [4.69, 9.17) is 14.3 Å². The van der Waals surface area contributed by atoms with Crippen molar-refractivity contribution < 1.29 is 28.7 Å². The normalized spacial score (nSPS) is 19.7. The highest BCUT2D eigenvalue weighted by molar-refractivity contribution is 5.87. The minimum Gasteiger partial charge on any atom is -0.467 e. The third kappa shape index (κ3) is 4.05. The number of nitrogens with zero attached hydrogens (tertiary/aromatic N) is 4. The van der Waals surface area contributed by atoms with Gasteiger partial charge in [-0.25, -0.2) is 9.59 Å². The molecule has 0 saturated carbocycles. The van der Waals surface area contributed by atoms with Crippen LogP contribution in [0.15, 0.2) is 36.5 Å². The van der Waals surface area contributed by atoms with Crippen LogP contribution in [0.4, 0.5) is 4.79 Å². The first-order valence-corrected chi connectivity index (χ1v) is 10.3. The van der Waals surface area contributed by atoms with Crippen molar-refractivity contribution in [2.45, 2.75) is 51.6 Å². The third-order valence-electron chi connectivity index (χ3n) is 5.26. The topological polar surface area (TPSA) is 103 Å². The van der Waals surface area contributed by atoms with Crippen LogP contribution in [0.3, 0.4) is 0 Å². The maximum absolute atomic E-state index is 13.1. The van der Waals surface area contributed by atoms with E-state index in [-0.39, 0.29) is 19.7 Å². The second kappa shape index (κ2) is 8.27. The number of methoxy groups -OCH3 is 1. The van der Waals surface area contributed by atoms with Gasteiger partial charge in [0.05, 0.1) is 25.5 Å². The minimum atomic E-state index is -1.03. The van der Waals surface area contributed by atoms with E-state index in [9.17, 15) is 14.4 Å². The summed E-state index contributed by atoms with van der Waals surface area (Å²) >= 11 is 0. The molecule has 2 atom stereocenters. The molecular weight excluding hydrogens is 416 g/mol. The molecule has 0 unspecified atom stereocenters. The average molecular weight is 442 g/mol. The van der Waals surface area contributed by atoms with Gasteiger partial charge in [0.25, 0.3) is 0 Å². The molecule has 0 spiro atoms. The monoisotopic (exact) mass is 442 g/mol. The Bertz CT molecular complexity index is 1030. The van der Waals surface area contributed by atoms with E-state index < -0.39 is 35.7 Å². The van der Waals surface area contributed by atoms with Gasteiger partial charge in [0.2, 0.25) is 0 Å². The first-order chi connectivity index (χ1) is 15.2. The molecule has 0 N–H and O–H groups in total. The van der Waals surface area contributed by atoms with Crippen molar-refractivity contribution in [3.8, 4) is 0 Å². The van der Waals surface area contributed by atoms with Crippen molar-refractivity contribution in [2.24, 2.45) is 0 Å². The smallest absolute Gasteiger partial charge is 0.345 e. The molecule has 1 saturated heterocycles. The van der Waals surface area contributed by atoms with Gasteiger partial charge in [-0.3, -0.25) is 14.3 Å². The zero-order valence-corrected chi connectivity index (χ0v) is 18.5. The number of esters is 2. The summed E-state index contributed by atoms with van der Waals surface area (Å²) in [7, 11) is 1.26. The molecule has 170 valence electrons. The molecule has 2 bridgehead atoms. The number of amides is 2. The van der Waals surface area contributed by atoms with E-state index in [1.807, 2.05) is 30.3 Å². The molecule has 3 heterocycles. The lowest BCUT2D eigenvalue weighted by Gasteiger charge is -2.29. The zero-order valence-electron chi connectivity index (χ0n) is 18.5. The van der Waals surface area contributed by atoms with E-state index in [0.717, 1.165) is 5.56 Å². The Morgan fingerprint density at radius 3 is 2.56 bits per heavy atom. The number of urea groups is 1. The van der Waals surface area contributed by atoms with Gasteiger partial charge in [0, 0.05) is 5.56 Å².